The fourth-order valence-corrected chi connectivity index (χ4v) is 2.03. The molecule has 0 atom stereocenters. The minimum atomic E-state index is -0.0426. The summed E-state index contributed by atoms with van der Waals surface area (Å²) in [5.41, 5.74) is 6.85. The number of nitrogens with two attached hydrogens (primary N) is 1. The highest BCUT2D eigenvalue weighted by atomic mass is 16.5. The van der Waals surface area contributed by atoms with E-state index in [1.165, 1.54) is 0 Å². The third kappa shape index (κ3) is 2.51. The summed E-state index contributed by atoms with van der Waals surface area (Å²) in [4.78, 5) is 4.45. The molecule has 0 radical (unpaired) electrons. The van der Waals surface area contributed by atoms with E-state index in [1.807, 2.05) is 25.1 Å². The first-order valence-electron chi connectivity index (χ1n) is 5.74. The van der Waals surface area contributed by atoms with Crippen molar-refractivity contribution in [3.63, 3.8) is 0 Å². The standard InChI is InChI=1S/C12H19N3O/c1-10-3-2-4-11(14-10)15-12(9-13)5-7-16-8-6-12/h2-4H,5-9,13H2,1H3,(H,14,15). The van der Waals surface area contributed by atoms with Crippen molar-refractivity contribution in [3.8, 4) is 0 Å². The van der Waals surface area contributed by atoms with E-state index < -0.39 is 0 Å². The zero-order valence-electron chi connectivity index (χ0n) is 9.70. The largest absolute Gasteiger partial charge is 0.381 e. The summed E-state index contributed by atoms with van der Waals surface area (Å²) in [5.74, 6) is 0.910. The molecule has 88 valence electrons. The highest BCUT2D eigenvalue weighted by molar-refractivity contribution is 5.39. The number of nitrogens with zero attached hydrogens (tertiary/aromatic N) is 1. The summed E-state index contributed by atoms with van der Waals surface area (Å²) in [6.45, 7) is 4.16. The average molecular weight is 221 g/mol. The minimum Gasteiger partial charge on any atom is -0.381 e. The highest BCUT2D eigenvalue weighted by Gasteiger charge is 2.31. The summed E-state index contributed by atoms with van der Waals surface area (Å²) in [5, 5.41) is 3.47. The molecular formula is C12H19N3O. The van der Waals surface area contributed by atoms with Crippen LogP contribution in [0.4, 0.5) is 5.82 Å². The maximum absolute atomic E-state index is 5.88. The lowest BCUT2D eigenvalue weighted by atomic mass is 9.90. The highest BCUT2D eigenvalue weighted by Crippen LogP contribution is 2.24. The lowest BCUT2D eigenvalue weighted by Crippen LogP contribution is -2.49. The zero-order chi connectivity index (χ0) is 11.4. The Labute approximate surface area is 96.2 Å². The third-order valence-electron chi connectivity index (χ3n) is 3.12. The minimum absolute atomic E-state index is 0.0426. The Morgan fingerprint density at radius 3 is 2.81 bits per heavy atom. The maximum atomic E-state index is 5.88. The van der Waals surface area contributed by atoms with Crippen molar-refractivity contribution < 1.29 is 4.74 Å². The Bertz CT molecular complexity index is 348. The van der Waals surface area contributed by atoms with Gasteiger partial charge in [0.15, 0.2) is 0 Å². The molecule has 4 nitrogen and oxygen atoms in total. The van der Waals surface area contributed by atoms with E-state index in [1.54, 1.807) is 0 Å². The molecule has 0 aromatic carbocycles. The van der Waals surface area contributed by atoms with E-state index in [-0.39, 0.29) is 5.54 Å². The van der Waals surface area contributed by atoms with Crippen LogP contribution in [-0.4, -0.2) is 30.3 Å². The molecule has 0 spiro atoms. The molecule has 1 fully saturated rings. The summed E-state index contributed by atoms with van der Waals surface area (Å²) >= 11 is 0. The van der Waals surface area contributed by atoms with Gasteiger partial charge in [0.25, 0.3) is 0 Å². The van der Waals surface area contributed by atoms with Crippen molar-refractivity contribution >= 4 is 5.82 Å². The van der Waals surface area contributed by atoms with Gasteiger partial charge >= 0.3 is 0 Å². The Balaban J connectivity index is 2.11. The molecule has 0 aliphatic carbocycles. The van der Waals surface area contributed by atoms with Gasteiger partial charge in [-0.1, -0.05) is 6.07 Å². The molecule has 1 saturated heterocycles. The second-order valence-corrected chi connectivity index (χ2v) is 4.39. The van der Waals surface area contributed by atoms with Crippen LogP contribution >= 0.6 is 0 Å². The molecule has 3 N–H and O–H groups in total. The van der Waals surface area contributed by atoms with Crippen molar-refractivity contribution in [3.05, 3.63) is 23.9 Å². The van der Waals surface area contributed by atoms with Gasteiger partial charge in [0.2, 0.25) is 0 Å². The van der Waals surface area contributed by atoms with Crippen LogP contribution in [0.15, 0.2) is 18.2 Å². The second-order valence-electron chi connectivity index (χ2n) is 4.39. The quantitative estimate of drug-likeness (QED) is 0.808. The molecule has 2 rings (SSSR count). The summed E-state index contributed by atoms with van der Waals surface area (Å²) in [6.07, 6.45) is 1.89. The SMILES string of the molecule is Cc1cccc(NC2(CN)CCOCC2)n1. The Morgan fingerprint density at radius 1 is 1.44 bits per heavy atom. The van der Waals surface area contributed by atoms with Crippen LogP contribution in [0.1, 0.15) is 18.5 Å². The van der Waals surface area contributed by atoms with E-state index in [4.69, 9.17) is 10.5 Å². The molecule has 16 heavy (non-hydrogen) atoms. The molecule has 0 unspecified atom stereocenters. The second kappa shape index (κ2) is 4.80. The first-order chi connectivity index (χ1) is 7.74. The average Bonchev–Trinajstić information content (AvgIpc) is 2.30. The number of aryl methyl sites for hydroxylation is 1. The van der Waals surface area contributed by atoms with E-state index in [0.29, 0.717) is 6.54 Å². The van der Waals surface area contributed by atoms with Gasteiger partial charge in [0.05, 0.1) is 5.54 Å². The van der Waals surface area contributed by atoms with E-state index >= 15 is 0 Å². The number of hydrogen-bond donors (Lipinski definition) is 2. The van der Waals surface area contributed by atoms with Gasteiger partial charge < -0.3 is 15.8 Å². The first kappa shape index (κ1) is 11.4. The maximum Gasteiger partial charge on any atom is 0.126 e. The topological polar surface area (TPSA) is 60.2 Å². The first-order valence-corrected chi connectivity index (χ1v) is 5.74. The van der Waals surface area contributed by atoms with Gasteiger partial charge in [-0.3, -0.25) is 0 Å². The molecule has 0 amide bonds. The monoisotopic (exact) mass is 221 g/mol. The van der Waals surface area contributed by atoms with Crippen LogP contribution in [0.25, 0.3) is 0 Å². The molecule has 0 saturated carbocycles. The van der Waals surface area contributed by atoms with Crippen molar-refractivity contribution in [1.29, 1.82) is 0 Å². The fraction of sp³-hybridized carbons (Fsp3) is 0.583. The smallest absolute Gasteiger partial charge is 0.126 e. The van der Waals surface area contributed by atoms with Crippen LogP contribution in [-0.2, 0) is 4.74 Å². The third-order valence-corrected chi connectivity index (χ3v) is 3.12. The normalized spacial score (nSPS) is 19.4. The van der Waals surface area contributed by atoms with Gasteiger partial charge in [-0.05, 0) is 31.9 Å². The Morgan fingerprint density at radius 2 is 2.19 bits per heavy atom. The number of hydrogen-bond acceptors (Lipinski definition) is 4. The van der Waals surface area contributed by atoms with Gasteiger partial charge in [-0.25, -0.2) is 4.98 Å². The van der Waals surface area contributed by atoms with E-state index in [0.717, 1.165) is 37.6 Å². The van der Waals surface area contributed by atoms with E-state index in [9.17, 15) is 0 Å². The number of pyridine rings is 1. The molecule has 1 aromatic heterocycles. The fourth-order valence-electron chi connectivity index (χ4n) is 2.03. The van der Waals surface area contributed by atoms with Crippen molar-refractivity contribution in [1.82, 2.24) is 4.98 Å². The molecule has 1 aliphatic rings. The van der Waals surface area contributed by atoms with Crippen LogP contribution in [0.5, 0.6) is 0 Å². The van der Waals surface area contributed by atoms with Crippen molar-refractivity contribution in [2.24, 2.45) is 5.73 Å². The predicted molar refractivity (Wildman–Crippen MR) is 64.4 cm³/mol. The molecule has 4 heteroatoms. The number of rotatable bonds is 3. The number of ether oxygens (including phenoxy) is 1. The number of nitrogens with one attached hydrogen (secondary N) is 1. The van der Waals surface area contributed by atoms with Crippen LogP contribution in [0.3, 0.4) is 0 Å². The molecule has 0 bridgehead atoms. The van der Waals surface area contributed by atoms with Gasteiger partial charge in [0.1, 0.15) is 5.82 Å². The predicted octanol–water partition coefficient (Wildman–Crippen LogP) is 1.31. The Kier molecular flexibility index (Phi) is 3.41. The Hall–Kier alpha value is -1.13. The van der Waals surface area contributed by atoms with Crippen LogP contribution in [0.2, 0.25) is 0 Å². The van der Waals surface area contributed by atoms with Gasteiger partial charge in [0, 0.05) is 25.5 Å². The van der Waals surface area contributed by atoms with E-state index in [2.05, 4.69) is 10.3 Å². The molecule has 1 aliphatic heterocycles. The number of anilines is 1. The van der Waals surface area contributed by atoms with Gasteiger partial charge in [-0.15, -0.1) is 0 Å². The summed E-state index contributed by atoms with van der Waals surface area (Å²) in [6, 6.07) is 5.98. The van der Waals surface area contributed by atoms with Crippen LogP contribution in [0, 0.1) is 6.92 Å². The zero-order valence-corrected chi connectivity index (χ0v) is 9.70. The molecule has 2 heterocycles. The summed E-state index contributed by atoms with van der Waals surface area (Å²) < 4.78 is 5.37. The van der Waals surface area contributed by atoms with Crippen molar-refractivity contribution in [2.45, 2.75) is 25.3 Å². The van der Waals surface area contributed by atoms with Crippen LogP contribution < -0.4 is 11.1 Å². The lowest BCUT2D eigenvalue weighted by molar-refractivity contribution is 0.0627. The number of aromatic nitrogens is 1. The van der Waals surface area contributed by atoms with Crippen molar-refractivity contribution in [2.75, 3.05) is 25.1 Å². The summed E-state index contributed by atoms with van der Waals surface area (Å²) in [7, 11) is 0. The molecular weight excluding hydrogens is 202 g/mol. The molecule has 1 aromatic rings. The van der Waals surface area contributed by atoms with Gasteiger partial charge in [-0.2, -0.15) is 0 Å². The lowest BCUT2D eigenvalue weighted by Gasteiger charge is -2.37.